The highest BCUT2D eigenvalue weighted by molar-refractivity contribution is 8.00. The molecular formula is C32H29N3O6S. The van der Waals surface area contributed by atoms with Gasteiger partial charge in [0, 0.05) is 22.2 Å². The number of benzene rings is 3. The zero-order chi connectivity index (χ0) is 29.9. The van der Waals surface area contributed by atoms with Crippen molar-refractivity contribution >= 4 is 52.9 Å². The van der Waals surface area contributed by atoms with E-state index in [2.05, 4.69) is 16.0 Å². The fourth-order valence-electron chi connectivity index (χ4n) is 3.88. The Morgan fingerprint density at radius 1 is 0.905 bits per heavy atom. The third-order valence-corrected chi connectivity index (χ3v) is 7.34. The van der Waals surface area contributed by atoms with Crippen LogP contribution in [-0.2, 0) is 14.3 Å². The van der Waals surface area contributed by atoms with Crippen LogP contribution in [-0.4, -0.2) is 36.1 Å². The summed E-state index contributed by atoms with van der Waals surface area (Å²) in [5.41, 5.74) is 1.48. The molecule has 4 aromatic rings. The van der Waals surface area contributed by atoms with E-state index in [1.54, 1.807) is 84.9 Å². The lowest BCUT2D eigenvalue weighted by Gasteiger charge is -2.17. The van der Waals surface area contributed by atoms with Crippen LogP contribution in [0.3, 0.4) is 0 Å². The Labute approximate surface area is 247 Å². The van der Waals surface area contributed by atoms with E-state index in [1.165, 1.54) is 31.2 Å². The highest BCUT2D eigenvalue weighted by Gasteiger charge is 2.21. The molecule has 4 rings (SSSR count). The standard InChI is InChI=1S/C32H29N3O6S/c1-3-28(31(38)34-26-17-8-7-16-25(26)32(39)40-2)42-24-15-9-13-22(19-24)33-30(37)27(20-23-14-10-18-41-23)35-29(36)21-11-5-4-6-12-21/h4-20,28H,3H2,1-2H3,(H,33,37)(H,34,38)(H,35,36)/b27-20+. The van der Waals surface area contributed by atoms with E-state index in [-0.39, 0.29) is 17.2 Å². The molecule has 3 N–H and O–H groups in total. The average Bonchev–Trinajstić information content (AvgIpc) is 3.53. The second-order valence-electron chi connectivity index (χ2n) is 8.92. The molecule has 0 spiro atoms. The van der Waals surface area contributed by atoms with E-state index in [0.29, 0.717) is 29.1 Å². The third-order valence-electron chi connectivity index (χ3n) is 5.98. The summed E-state index contributed by atoms with van der Waals surface area (Å²) in [5.74, 6) is -1.43. The summed E-state index contributed by atoms with van der Waals surface area (Å²) >= 11 is 1.32. The molecule has 1 aromatic heterocycles. The minimum Gasteiger partial charge on any atom is -0.465 e. The summed E-state index contributed by atoms with van der Waals surface area (Å²) in [5, 5.41) is 7.81. The van der Waals surface area contributed by atoms with Gasteiger partial charge >= 0.3 is 5.97 Å². The number of ether oxygens (including phenoxy) is 1. The van der Waals surface area contributed by atoms with Crippen LogP contribution in [0, 0.1) is 0 Å². The van der Waals surface area contributed by atoms with E-state index in [9.17, 15) is 19.2 Å². The number of hydrogen-bond acceptors (Lipinski definition) is 7. The van der Waals surface area contributed by atoms with Gasteiger partial charge in [0.2, 0.25) is 5.91 Å². The summed E-state index contributed by atoms with van der Waals surface area (Å²) in [6.45, 7) is 1.89. The second-order valence-corrected chi connectivity index (χ2v) is 10.2. The van der Waals surface area contributed by atoms with Gasteiger partial charge in [0.1, 0.15) is 11.5 Å². The maximum atomic E-state index is 13.3. The van der Waals surface area contributed by atoms with Crippen molar-refractivity contribution in [2.75, 3.05) is 17.7 Å². The molecule has 1 heterocycles. The first-order valence-electron chi connectivity index (χ1n) is 13.1. The Hall–Kier alpha value is -5.09. The highest BCUT2D eigenvalue weighted by atomic mass is 32.2. The molecule has 0 saturated carbocycles. The van der Waals surface area contributed by atoms with Gasteiger partial charge in [0.05, 0.1) is 29.9 Å². The number of rotatable bonds is 11. The van der Waals surface area contributed by atoms with Crippen molar-refractivity contribution in [1.29, 1.82) is 0 Å². The molecule has 3 amide bonds. The monoisotopic (exact) mass is 583 g/mol. The molecular weight excluding hydrogens is 554 g/mol. The van der Waals surface area contributed by atoms with E-state index in [0.717, 1.165) is 4.90 Å². The zero-order valence-corrected chi connectivity index (χ0v) is 23.8. The number of anilines is 2. The van der Waals surface area contributed by atoms with Gasteiger partial charge in [-0.25, -0.2) is 4.79 Å². The average molecular weight is 584 g/mol. The smallest absolute Gasteiger partial charge is 0.339 e. The predicted octanol–water partition coefficient (Wildman–Crippen LogP) is 5.99. The number of carbonyl (C=O) groups is 4. The second kappa shape index (κ2) is 14.5. The molecule has 42 heavy (non-hydrogen) atoms. The van der Waals surface area contributed by atoms with Gasteiger partial charge in [-0.1, -0.05) is 43.3 Å². The topological polar surface area (TPSA) is 127 Å². The van der Waals surface area contributed by atoms with Gasteiger partial charge in [0.25, 0.3) is 11.8 Å². The Bertz CT molecular complexity index is 1580. The molecule has 0 fully saturated rings. The fourth-order valence-corrected chi connectivity index (χ4v) is 4.90. The number of thioether (sulfide) groups is 1. The SMILES string of the molecule is CCC(Sc1cccc(NC(=O)/C(=C\c2ccco2)NC(=O)c2ccccc2)c1)C(=O)Nc1ccccc1C(=O)OC. The summed E-state index contributed by atoms with van der Waals surface area (Å²) < 4.78 is 10.2. The van der Waals surface area contributed by atoms with Crippen LogP contribution in [0.5, 0.6) is 0 Å². The summed E-state index contributed by atoms with van der Waals surface area (Å²) in [6, 6.07) is 25.6. The Morgan fingerprint density at radius 2 is 1.67 bits per heavy atom. The number of hydrogen-bond donors (Lipinski definition) is 3. The summed E-state index contributed by atoms with van der Waals surface area (Å²) in [4.78, 5) is 52.0. The molecule has 0 aliphatic rings. The molecule has 214 valence electrons. The Kier molecular flexibility index (Phi) is 10.3. The molecule has 10 heteroatoms. The van der Waals surface area contributed by atoms with Crippen molar-refractivity contribution in [2.24, 2.45) is 0 Å². The Morgan fingerprint density at radius 3 is 2.38 bits per heavy atom. The van der Waals surface area contributed by atoms with E-state index in [4.69, 9.17) is 9.15 Å². The first-order valence-corrected chi connectivity index (χ1v) is 13.9. The molecule has 0 aliphatic heterocycles. The van der Waals surface area contributed by atoms with Crippen molar-refractivity contribution in [3.63, 3.8) is 0 Å². The lowest BCUT2D eigenvalue weighted by molar-refractivity contribution is -0.116. The van der Waals surface area contributed by atoms with Crippen molar-refractivity contribution in [3.05, 3.63) is 120 Å². The molecule has 1 atom stereocenters. The van der Waals surface area contributed by atoms with Crippen molar-refractivity contribution in [3.8, 4) is 0 Å². The first kappa shape index (κ1) is 29.9. The van der Waals surface area contributed by atoms with Crippen molar-refractivity contribution < 1.29 is 28.3 Å². The van der Waals surface area contributed by atoms with Gasteiger partial charge in [-0.3, -0.25) is 14.4 Å². The summed E-state index contributed by atoms with van der Waals surface area (Å²) in [7, 11) is 1.28. The molecule has 0 aliphatic carbocycles. The minimum atomic E-state index is -0.554. The van der Waals surface area contributed by atoms with Gasteiger partial charge in [-0.15, -0.1) is 11.8 Å². The van der Waals surface area contributed by atoms with Crippen LogP contribution >= 0.6 is 11.8 Å². The predicted molar refractivity (Wildman–Crippen MR) is 162 cm³/mol. The van der Waals surface area contributed by atoms with Crippen LogP contribution in [0.15, 0.2) is 112 Å². The number of nitrogens with one attached hydrogen (secondary N) is 3. The van der Waals surface area contributed by atoms with E-state index < -0.39 is 23.0 Å². The van der Waals surface area contributed by atoms with Crippen LogP contribution in [0.25, 0.3) is 6.08 Å². The normalized spacial score (nSPS) is 11.7. The maximum Gasteiger partial charge on any atom is 0.339 e. The maximum absolute atomic E-state index is 13.3. The van der Waals surface area contributed by atoms with Gasteiger partial charge in [-0.2, -0.15) is 0 Å². The quantitative estimate of drug-likeness (QED) is 0.113. The van der Waals surface area contributed by atoms with Gasteiger partial charge in [0.15, 0.2) is 0 Å². The Balaban J connectivity index is 1.47. The number of furan rings is 1. The van der Waals surface area contributed by atoms with Crippen LogP contribution in [0.4, 0.5) is 11.4 Å². The highest BCUT2D eigenvalue weighted by Crippen LogP contribution is 2.29. The van der Waals surface area contributed by atoms with E-state index >= 15 is 0 Å². The van der Waals surface area contributed by atoms with E-state index in [1.807, 2.05) is 13.0 Å². The number of esters is 1. The molecule has 0 bridgehead atoms. The van der Waals surface area contributed by atoms with Gasteiger partial charge in [-0.05, 0) is 61.0 Å². The lowest BCUT2D eigenvalue weighted by atomic mass is 10.1. The molecule has 0 saturated heterocycles. The molecule has 1 unspecified atom stereocenters. The van der Waals surface area contributed by atoms with Crippen molar-refractivity contribution in [2.45, 2.75) is 23.5 Å². The lowest BCUT2D eigenvalue weighted by Crippen LogP contribution is -2.30. The van der Waals surface area contributed by atoms with Crippen LogP contribution in [0.2, 0.25) is 0 Å². The number of para-hydroxylation sites is 1. The molecule has 0 radical (unpaired) electrons. The summed E-state index contributed by atoms with van der Waals surface area (Å²) in [6.07, 6.45) is 3.42. The minimum absolute atomic E-state index is 0.00746. The molecule has 3 aromatic carbocycles. The number of carbonyl (C=O) groups excluding carboxylic acids is 4. The van der Waals surface area contributed by atoms with Crippen LogP contribution < -0.4 is 16.0 Å². The van der Waals surface area contributed by atoms with Crippen molar-refractivity contribution in [1.82, 2.24) is 5.32 Å². The fraction of sp³-hybridized carbons (Fsp3) is 0.125. The number of methoxy groups -OCH3 is 1. The number of amides is 3. The first-order chi connectivity index (χ1) is 20.4. The van der Waals surface area contributed by atoms with Gasteiger partial charge < -0.3 is 25.1 Å². The van der Waals surface area contributed by atoms with Crippen LogP contribution in [0.1, 0.15) is 39.8 Å². The third kappa shape index (κ3) is 7.98. The largest absolute Gasteiger partial charge is 0.465 e. The molecule has 9 nitrogen and oxygen atoms in total. The zero-order valence-electron chi connectivity index (χ0n) is 23.0.